The maximum atomic E-state index is 11.8. The zero-order chi connectivity index (χ0) is 16.2. The van der Waals surface area contributed by atoms with Crippen LogP contribution in [0.5, 0.6) is 0 Å². The second-order valence-corrected chi connectivity index (χ2v) is 5.07. The SMILES string of the molecule is CCC(O)C(O[P+](=O)O)C(OC)n1cc(C)c(=O)[nH]c1=O. The van der Waals surface area contributed by atoms with Crippen LogP contribution in [0.3, 0.4) is 0 Å². The van der Waals surface area contributed by atoms with E-state index in [9.17, 15) is 19.3 Å². The minimum absolute atomic E-state index is 0.213. The van der Waals surface area contributed by atoms with Crippen LogP contribution in [0.1, 0.15) is 25.1 Å². The van der Waals surface area contributed by atoms with Crippen molar-refractivity contribution in [2.75, 3.05) is 7.11 Å². The summed E-state index contributed by atoms with van der Waals surface area (Å²) >= 11 is 0. The summed E-state index contributed by atoms with van der Waals surface area (Å²) in [6, 6.07) is 0. The van der Waals surface area contributed by atoms with E-state index in [2.05, 4.69) is 4.98 Å². The van der Waals surface area contributed by atoms with E-state index in [1.165, 1.54) is 20.2 Å². The summed E-state index contributed by atoms with van der Waals surface area (Å²) in [7, 11) is -1.76. The quantitative estimate of drug-likeness (QED) is 0.592. The second-order valence-electron chi connectivity index (χ2n) is 4.39. The normalized spacial score (nSPS) is 16.3. The van der Waals surface area contributed by atoms with Crippen molar-refractivity contribution in [1.82, 2.24) is 9.55 Å². The first-order chi connectivity index (χ1) is 9.81. The van der Waals surface area contributed by atoms with E-state index in [0.717, 1.165) is 4.57 Å². The first kappa shape index (κ1) is 17.7. The molecular weight excluding hydrogens is 303 g/mol. The minimum atomic E-state index is -3.01. The molecule has 4 atom stereocenters. The predicted molar refractivity (Wildman–Crippen MR) is 73.1 cm³/mol. The van der Waals surface area contributed by atoms with Crippen LogP contribution < -0.4 is 11.2 Å². The number of aliphatic hydroxyl groups excluding tert-OH is 1. The summed E-state index contributed by atoms with van der Waals surface area (Å²) in [5, 5.41) is 9.91. The Morgan fingerprint density at radius 3 is 2.57 bits per heavy atom. The molecule has 0 radical (unpaired) electrons. The maximum Gasteiger partial charge on any atom is 0.695 e. The second kappa shape index (κ2) is 7.58. The lowest BCUT2D eigenvalue weighted by Gasteiger charge is -2.26. The van der Waals surface area contributed by atoms with Crippen molar-refractivity contribution in [1.29, 1.82) is 0 Å². The van der Waals surface area contributed by atoms with Gasteiger partial charge < -0.3 is 9.84 Å². The van der Waals surface area contributed by atoms with Crippen molar-refractivity contribution in [3.05, 3.63) is 32.6 Å². The molecule has 1 aromatic rings. The number of ether oxygens (including phenoxy) is 1. The smallest absolute Gasteiger partial charge is 0.390 e. The average molecular weight is 321 g/mol. The summed E-state index contributed by atoms with van der Waals surface area (Å²) in [6.45, 7) is 3.12. The van der Waals surface area contributed by atoms with Crippen LogP contribution in [0.15, 0.2) is 15.8 Å². The number of nitrogens with one attached hydrogen (secondary N) is 1. The molecule has 0 amide bonds. The number of aromatic nitrogens is 2. The van der Waals surface area contributed by atoms with Crippen LogP contribution in [-0.4, -0.2) is 38.9 Å². The van der Waals surface area contributed by atoms with Crippen LogP contribution in [0.25, 0.3) is 0 Å². The molecule has 0 aliphatic heterocycles. The van der Waals surface area contributed by atoms with Gasteiger partial charge in [0.05, 0.1) is 6.10 Å². The first-order valence-corrected chi connectivity index (χ1v) is 7.30. The number of hydrogen-bond acceptors (Lipinski definition) is 6. The Labute approximate surface area is 121 Å². The van der Waals surface area contributed by atoms with Gasteiger partial charge in [0, 0.05) is 23.4 Å². The zero-order valence-corrected chi connectivity index (χ0v) is 12.7. The summed E-state index contributed by atoms with van der Waals surface area (Å²) in [6.07, 6.45) is -2.12. The summed E-state index contributed by atoms with van der Waals surface area (Å²) in [4.78, 5) is 34.2. The highest BCUT2D eigenvalue weighted by molar-refractivity contribution is 7.32. The van der Waals surface area contributed by atoms with Crippen molar-refractivity contribution >= 4 is 8.25 Å². The van der Waals surface area contributed by atoms with Crippen LogP contribution in [0.4, 0.5) is 0 Å². The predicted octanol–water partition coefficient (Wildman–Crippen LogP) is -0.204. The number of aliphatic hydroxyl groups is 1. The molecule has 0 saturated carbocycles. The van der Waals surface area contributed by atoms with Crippen LogP contribution in [0, 0.1) is 6.92 Å². The van der Waals surface area contributed by atoms with Gasteiger partial charge in [-0.1, -0.05) is 6.92 Å². The summed E-state index contributed by atoms with van der Waals surface area (Å²) in [5.41, 5.74) is -1.08. The lowest BCUT2D eigenvalue weighted by molar-refractivity contribution is -0.0995. The molecule has 21 heavy (non-hydrogen) atoms. The molecule has 0 fully saturated rings. The van der Waals surface area contributed by atoms with Crippen LogP contribution in [-0.2, 0) is 13.8 Å². The molecule has 10 heteroatoms. The molecule has 0 spiro atoms. The maximum absolute atomic E-state index is 11.8. The number of methoxy groups -OCH3 is 1. The topological polar surface area (TPSA) is 131 Å². The van der Waals surface area contributed by atoms with E-state index in [1.54, 1.807) is 6.92 Å². The Kier molecular flexibility index (Phi) is 6.38. The summed E-state index contributed by atoms with van der Waals surface area (Å²) < 4.78 is 21.8. The van der Waals surface area contributed by atoms with Gasteiger partial charge in [-0.05, 0) is 13.3 Å². The molecular formula is C11H18N2O7P+. The minimum Gasteiger partial charge on any atom is -0.390 e. The largest absolute Gasteiger partial charge is 0.695 e. The highest BCUT2D eigenvalue weighted by atomic mass is 31.1. The van der Waals surface area contributed by atoms with Gasteiger partial charge in [0.15, 0.2) is 12.3 Å². The molecule has 0 saturated heterocycles. The van der Waals surface area contributed by atoms with Gasteiger partial charge in [-0.2, -0.15) is 0 Å². The first-order valence-electron chi connectivity index (χ1n) is 6.17. The monoisotopic (exact) mass is 321 g/mol. The molecule has 9 nitrogen and oxygen atoms in total. The molecule has 0 aliphatic rings. The molecule has 4 unspecified atom stereocenters. The van der Waals surface area contributed by atoms with Crippen molar-refractivity contribution in [3.63, 3.8) is 0 Å². The number of rotatable bonds is 7. The van der Waals surface area contributed by atoms with Gasteiger partial charge in [-0.25, -0.2) is 4.79 Å². The van der Waals surface area contributed by atoms with Gasteiger partial charge in [0.25, 0.3) is 5.56 Å². The standard InChI is InChI=1S/C11H17N2O7P/c1-4-7(14)8(20-21(17)18)10(19-3)13-5-6(2)9(15)12-11(13)16/h5,7-8,10,14H,4H2,1-3H3,(H-,12,15,16,17,18)/p+1. The van der Waals surface area contributed by atoms with Crippen LogP contribution in [0.2, 0.25) is 0 Å². The molecule has 1 aromatic heterocycles. The molecule has 0 aliphatic carbocycles. The Morgan fingerprint density at radius 2 is 2.10 bits per heavy atom. The fraction of sp³-hybridized carbons (Fsp3) is 0.636. The highest BCUT2D eigenvalue weighted by Crippen LogP contribution is 2.28. The molecule has 0 bridgehead atoms. The Balaban J connectivity index is 3.31. The van der Waals surface area contributed by atoms with E-state index in [0.29, 0.717) is 0 Å². The number of aryl methyl sites for hydroxylation is 1. The lowest BCUT2D eigenvalue weighted by atomic mass is 10.1. The molecule has 1 rings (SSSR count). The Hall–Kier alpha value is -1.38. The van der Waals surface area contributed by atoms with Gasteiger partial charge in [-0.3, -0.25) is 14.3 Å². The Bertz CT molecular complexity index is 611. The third kappa shape index (κ3) is 4.29. The number of aromatic amines is 1. The third-order valence-corrected chi connectivity index (χ3v) is 3.38. The van der Waals surface area contributed by atoms with E-state index in [-0.39, 0.29) is 12.0 Å². The van der Waals surface area contributed by atoms with Gasteiger partial charge in [0.1, 0.15) is 0 Å². The number of nitrogens with zero attached hydrogens (tertiary/aromatic N) is 1. The van der Waals surface area contributed by atoms with Crippen molar-refractivity contribution < 1.29 is 23.8 Å². The van der Waals surface area contributed by atoms with E-state index in [4.69, 9.17) is 14.2 Å². The fourth-order valence-electron chi connectivity index (χ4n) is 1.83. The van der Waals surface area contributed by atoms with E-state index < -0.39 is 37.9 Å². The van der Waals surface area contributed by atoms with Crippen molar-refractivity contribution in [3.8, 4) is 0 Å². The van der Waals surface area contributed by atoms with E-state index in [1.807, 2.05) is 0 Å². The highest BCUT2D eigenvalue weighted by Gasteiger charge is 2.38. The average Bonchev–Trinajstić information content (AvgIpc) is 2.42. The van der Waals surface area contributed by atoms with Crippen molar-refractivity contribution in [2.24, 2.45) is 0 Å². The van der Waals surface area contributed by atoms with E-state index >= 15 is 0 Å². The number of H-pyrrole nitrogens is 1. The molecule has 1 heterocycles. The van der Waals surface area contributed by atoms with Gasteiger partial charge >= 0.3 is 13.9 Å². The van der Waals surface area contributed by atoms with Gasteiger partial charge in [0.2, 0.25) is 0 Å². The molecule has 118 valence electrons. The fourth-order valence-corrected chi connectivity index (χ4v) is 2.28. The van der Waals surface area contributed by atoms with Gasteiger partial charge in [-0.15, -0.1) is 9.42 Å². The Morgan fingerprint density at radius 1 is 1.48 bits per heavy atom. The third-order valence-electron chi connectivity index (χ3n) is 2.95. The molecule has 3 N–H and O–H groups in total. The summed E-state index contributed by atoms with van der Waals surface area (Å²) in [5.74, 6) is 0. The molecule has 0 aromatic carbocycles. The van der Waals surface area contributed by atoms with Crippen molar-refractivity contribution in [2.45, 2.75) is 38.7 Å². The number of hydrogen-bond donors (Lipinski definition) is 3. The zero-order valence-electron chi connectivity index (χ0n) is 11.8. The lowest BCUT2D eigenvalue weighted by Crippen LogP contribution is -2.43. The van der Waals surface area contributed by atoms with Crippen LogP contribution >= 0.6 is 8.25 Å².